The largest absolute Gasteiger partial charge is 0.297 e. The molecule has 0 aromatic carbocycles. The summed E-state index contributed by atoms with van der Waals surface area (Å²) < 4.78 is 0. The molecule has 0 N–H and O–H groups in total. The van der Waals surface area contributed by atoms with Crippen LogP contribution < -0.4 is 0 Å². The number of halogens is 1. The monoisotopic (exact) mass is 266 g/mol. The minimum atomic E-state index is -0.400. The summed E-state index contributed by atoms with van der Waals surface area (Å²) in [6, 6.07) is 1.82. The Labute approximate surface area is 113 Å². The number of likely N-dealkylation sites (tertiary alicyclic amines) is 1. The number of rotatable bonds is 4. The van der Waals surface area contributed by atoms with Crippen LogP contribution in [0, 0.1) is 0 Å². The lowest BCUT2D eigenvalue weighted by molar-refractivity contribution is -0.128. The van der Waals surface area contributed by atoms with Crippen LogP contribution in [0.5, 0.6) is 0 Å². The van der Waals surface area contributed by atoms with Gasteiger partial charge in [-0.1, -0.05) is 11.6 Å². The van der Waals surface area contributed by atoms with Gasteiger partial charge in [-0.15, -0.1) is 0 Å². The Hall–Kier alpha value is -0.930. The van der Waals surface area contributed by atoms with E-state index >= 15 is 0 Å². The molecule has 4 heteroatoms. The molecule has 0 saturated carbocycles. The molecule has 0 amide bonds. The van der Waals surface area contributed by atoms with E-state index in [4.69, 9.17) is 11.6 Å². The summed E-state index contributed by atoms with van der Waals surface area (Å²) in [5.74, 6) is 0.220. The zero-order valence-electron chi connectivity index (χ0n) is 10.9. The van der Waals surface area contributed by atoms with Gasteiger partial charge in [-0.05, 0) is 51.4 Å². The van der Waals surface area contributed by atoms with Crippen molar-refractivity contribution in [2.75, 3.05) is 13.1 Å². The minimum Gasteiger partial charge on any atom is -0.297 e. The van der Waals surface area contributed by atoms with Crippen LogP contribution in [0.15, 0.2) is 18.5 Å². The van der Waals surface area contributed by atoms with Gasteiger partial charge in [0.1, 0.15) is 0 Å². The van der Waals surface area contributed by atoms with Crippen LogP contribution in [-0.2, 0) is 11.2 Å². The van der Waals surface area contributed by atoms with Crippen LogP contribution in [0.2, 0.25) is 5.02 Å². The molecule has 0 atom stereocenters. The van der Waals surface area contributed by atoms with Crippen LogP contribution in [-0.4, -0.2) is 34.3 Å². The molecule has 1 aliphatic heterocycles. The fraction of sp³-hybridized carbons (Fsp3) is 0.571. The molecule has 0 bridgehead atoms. The number of pyridine rings is 1. The topological polar surface area (TPSA) is 33.2 Å². The Bertz CT molecular complexity index is 439. The summed E-state index contributed by atoms with van der Waals surface area (Å²) in [6.07, 6.45) is 6.02. The SMILES string of the molecule is CC(C)(C(=O)Cc1ccncc1Cl)N1CCCC1. The van der Waals surface area contributed by atoms with Gasteiger partial charge in [0.2, 0.25) is 0 Å². The first-order valence-electron chi connectivity index (χ1n) is 6.38. The maximum absolute atomic E-state index is 12.5. The third-order valence-corrected chi connectivity index (χ3v) is 4.13. The van der Waals surface area contributed by atoms with Crippen LogP contribution in [0.1, 0.15) is 32.3 Å². The quantitative estimate of drug-likeness (QED) is 0.840. The molecule has 98 valence electrons. The Morgan fingerprint density at radius 1 is 1.44 bits per heavy atom. The van der Waals surface area contributed by atoms with Crippen molar-refractivity contribution in [2.45, 2.75) is 38.6 Å². The second-order valence-corrected chi connectivity index (χ2v) is 5.73. The van der Waals surface area contributed by atoms with E-state index in [1.54, 1.807) is 12.4 Å². The highest BCUT2D eigenvalue weighted by Gasteiger charge is 2.35. The van der Waals surface area contributed by atoms with Crippen molar-refractivity contribution >= 4 is 17.4 Å². The highest BCUT2D eigenvalue weighted by Crippen LogP contribution is 2.24. The summed E-state index contributed by atoms with van der Waals surface area (Å²) in [5.41, 5.74) is 0.465. The first kappa shape index (κ1) is 13.5. The summed E-state index contributed by atoms with van der Waals surface area (Å²) in [6.45, 7) is 6.05. The van der Waals surface area contributed by atoms with E-state index in [0.29, 0.717) is 11.4 Å². The molecule has 18 heavy (non-hydrogen) atoms. The molecule has 1 saturated heterocycles. The van der Waals surface area contributed by atoms with Crippen molar-refractivity contribution in [2.24, 2.45) is 0 Å². The average Bonchev–Trinajstić information content (AvgIpc) is 2.86. The van der Waals surface area contributed by atoms with Crippen molar-refractivity contribution in [1.82, 2.24) is 9.88 Å². The first-order valence-corrected chi connectivity index (χ1v) is 6.76. The average molecular weight is 267 g/mol. The smallest absolute Gasteiger partial charge is 0.156 e. The number of aromatic nitrogens is 1. The molecule has 3 nitrogen and oxygen atoms in total. The summed E-state index contributed by atoms with van der Waals surface area (Å²) in [4.78, 5) is 18.7. The van der Waals surface area contributed by atoms with Crippen LogP contribution >= 0.6 is 11.6 Å². The number of carbonyl (C=O) groups excluding carboxylic acids is 1. The molecule has 0 radical (unpaired) electrons. The number of ketones is 1. The molecular formula is C14H19ClN2O. The maximum atomic E-state index is 12.5. The van der Waals surface area contributed by atoms with Gasteiger partial charge in [-0.25, -0.2) is 0 Å². The molecule has 1 fully saturated rings. The molecule has 1 aliphatic rings. The number of hydrogen-bond donors (Lipinski definition) is 0. The number of carbonyl (C=O) groups is 1. The van der Waals surface area contributed by atoms with Crippen molar-refractivity contribution in [3.05, 3.63) is 29.0 Å². The van der Waals surface area contributed by atoms with E-state index in [-0.39, 0.29) is 5.78 Å². The minimum absolute atomic E-state index is 0.220. The lowest BCUT2D eigenvalue weighted by Gasteiger charge is -2.34. The molecule has 1 aromatic heterocycles. The van der Waals surface area contributed by atoms with Gasteiger partial charge in [0, 0.05) is 18.8 Å². The van der Waals surface area contributed by atoms with Crippen molar-refractivity contribution in [3.8, 4) is 0 Å². The molecule has 0 aliphatic carbocycles. The Balaban J connectivity index is 2.09. The Kier molecular flexibility index (Phi) is 4.03. The van der Waals surface area contributed by atoms with Crippen molar-refractivity contribution in [1.29, 1.82) is 0 Å². The normalized spacial score (nSPS) is 17.1. The van der Waals surface area contributed by atoms with Gasteiger partial charge < -0.3 is 0 Å². The fourth-order valence-electron chi connectivity index (χ4n) is 2.39. The Morgan fingerprint density at radius 2 is 2.11 bits per heavy atom. The third-order valence-electron chi connectivity index (χ3n) is 3.79. The zero-order chi connectivity index (χ0) is 13.2. The standard InChI is InChI=1S/C14H19ClN2O/c1-14(2,17-7-3-4-8-17)13(18)9-11-5-6-16-10-12(11)15/h5-6,10H,3-4,7-9H2,1-2H3. The third kappa shape index (κ3) is 2.73. The number of hydrogen-bond acceptors (Lipinski definition) is 3. The molecule has 2 heterocycles. The lowest BCUT2D eigenvalue weighted by atomic mass is 9.92. The molecule has 0 unspecified atom stereocenters. The van der Waals surface area contributed by atoms with E-state index in [0.717, 1.165) is 18.7 Å². The van der Waals surface area contributed by atoms with E-state index in [2.05, 4.69) is 9.88 Å². The molecular weight excluding hydrogens is 248 g/mol. The predicted octanol–water partition coefficient (Wildman–Crippen LogP) is 2.72. The fourth-order valence-corrected chi connectivity index (χ4v) is 2.58. The van der Waals surface area contributed by atoms with Crippen LogP contribution in [0.25, 0.3) is 0 Å². The summed E-state index contributed by atoms with van der Waals surface area (Å²) in [7, 11) is 0. The van der Waals surface area contributed by atoms with Gasteiger partial charge in [-0.3, -0.25) is 14.7 Å². The predicted molar refractivity (Wildman–Crippen MR) is 72.8 cm³/mol. The number of Topliss-reactive ketones (excluding diaryl/α,β-unsaturated/α-hetero) is 1. The van der Waals surface area contributed by atoms with E-state index in [1.165, 1.54) is 12.8 Å². The Morgan fingerprint density at radius 3 is 2.72 bits per heavy atom. The van der Waals surface area contributed by atoms with Gasteiger partial charge in [0.25, 0.3) is 0 Å². The number of nitrogens with zero attached hydrogens (tertiary/aromatic N) is 2. The van der Waals surface area contributed by atoms with Gasteiger partial charge in [-0.2, -0.15) is 0 Å². The molecule has 0 spiro atoms. The van der Waals surface area contributed by atoms with Crippen LogP contribution in [0.4, 0.5) is 0 Å². The van der Waals surface area contributed by atoms with E-state index < -0.39 is 5.54 Å². The van der Waals surface area contributed by atoms with Gasteiger partial charge in [0.15, 0.2) is 5.78 Å². The summed E-state index contributed by atoms with van der Waals surface area (Å²) in [5, 5.41) is 0.572. The lowest BCUT2D eigenvalue weighted by Crippen LogP contribution is -2.49. The van der Waals surface area contributed by atoms with Crippen LogP contribution in [0.3, 0.4) is 0 Å². The second-order valence-electron chi connectivity index (χ2n) is 5.32. The maximum Gasteiger partial charge on any atom is 0.156 e. The zero-order valence-corrected chi connectivity index (χ0v) is 11.7. The van der Waals surface area contributed by atoms with Crippen molar-refractivity contribution < 1.29 is 4.79 Å². The van der Waals surface area contributed by atoms with Gasteiger partial charge >= 0.3 is 0 Å². The van der Waals surface area contributed by atoms with Crippen molar-refractivity contribution in [3.63, 3.8) is 0 Å². The first-order chi connectivity index (χ1) is 8.51. The summed E-state index contributed by atoms with van der Waals surface area (Å²) >= 11 is 6.05. The highest BCUT2D eigenvalue weighted by atomic mass is 35.5. The second kappa shape index (κ2) is 5.37. The van der Waals surface area contributed by atoms with E-state index in [1.807, 2.05) is 19.9 Å². The highest BCUT2D eigenvalue weighted by molar-refractivity contribution is 6.31. The molecule has 1 aromatic rings. The van der Waals surface area contributed by atoms with Gasteiger partial charge in [0.05, 0.1) is 10.6 Å². The molecule has 2 rings (SSSR count). The van der Waals surface area contributed by atoms with E-state index in [9.17, 15) is 4.79 Å².